The van der Waals surface area contributed by atoms with Crippen molar-refractivity contribution in [2.45, 2.75) is 39.3 Å². The van der Waals surface area contributed by atoms with Gasteiger partial charge in [0.25, 0.3) is 0 Å². The molecule has 4 nitrogen and oxygen atoms in total. The Morgan fingerprint density at radius 1 is 1.60 bits per heavy atom. The predicted octanol–water partition coefficient (Wildman–Crippen LogP) is 0.195. The van der Waals surface area contributed by atoms with Gasteiger partial charge in [0.05, 0.1) is 0 Å². The Morgan fingerprint density at radius 3 is 2.93 bits per heavy atom. The number of nitrogens with one attached hydrogen (secondary N) is 2. The molecule has 0 radical (unpaired) electrons. The van der Waals surface area contributed by atoms with Crippen molar-refractivity contribution in [3.05, 3.63) is 0 Å². The highest BCUT2D eigenvalue weighted by molar-refractivity contribution is 5.76. The summed E-state index contributed by atoms with van der Waals surface area (Å²) in [6.45, 7) is 10.2. The Labute approximate surface area is 92.4 Å². The number of carbonyl (C=O) groups is 1. The van der Waals surface area contributed by atoms with E-state index >= 15 is 0 Å². The van der Waals surface area contributed by atoms with Crippen LogP contribution in [0.5, 0.6) is 0 Å². The number of carbonyl (C=O) groups excluding carboxylic acids is 1. The van der Waals surface area contributed by atoms with Crippen LogP contribution in [0.2, 0.25) is 0 Å². The normalized spacial score (nSPS) is 23.1. The van der Waals surface area contributed by atoms with E-state index in [4.69, 9.17) is 0 Å². The molecule has 0 aliphatic carbocycles. The van der Waals surface area contributed by atoms with Crippen LogP contribution in [0.4, 0.5) is 0 Å². The van der Waals surface area contributed by atoms with Gasteiger partial charge in [0, 0.05) is 44.7 Å². The summed E-state index contributed by atoms with van der Waals surface area (Å²) < 4.78 is 0. The molecular weight excluding hydrogens is 190 g/mol. The molecule has 15 heavy (non-hydrogen) atoms. The van der Waals surface area contributed by atoms with E-state index in [1.165, 1.54) is 0 Å². The van der Waals surface area contributed by atoms with Gasteiger partial charge in [-0.05, 0) is 20.8 Å². The fraction of sp³-hybridized carbons (Fsp3) is 0.909. The van der Waals surface area contributed by atoms with Crippen LogP contribution >= 0.6 is 0 Å². The first-order valence-electron chi connectivity index (χ1n) is 5.83. The topological polar surface area (TPSA) is 44.4 Å². The zero-order chi connectivity index (χ0) is 11.3. The maximum Gasteiger partial charge on any atom is 0.221 e. The molecular formula is C11H23N3O. The Morgan fingerprint density at radius 2 is 2.33 bits per heavy atom. The summed E-state index contributed by atoms with van der Waals surface area (Å²) in [6.07, 6.45) is 0.616. The van der Waals surface area contributed by atoms with E-state index in [0.29, 0.717) is 12.5 Å². The van der Waals surface area contributed by atoms with Crippen molar-refractivity contribution in [2.24, 2.45) is 0 Å². The smallest absolute Gasteiger partial charge is 0.221 e. The lowest BCUT2D eigenvalue weighted by molar-refractivity contribution is -0.121. The van der Waals surface area contributed by atoms with Gasteiger partial charge in [-0.2, -0.15) is 0 Å². The van der Waals surface area contributed by atoms with Crippen molar-refractivity contribution in [1.29, 1.82) is 0 Å². The average Bonchev–Trinajstić information content (AvgIpc) is 2.14. The Kier molecular flexibility index (Phi) is 5.05. The lowest BCUT2D eigenvalue weighted by Gasteiger charge is -2.31. The number of piperazine rings is 1. The predicted molar refractivity (Wildman–Crippen MR) is 61.8 cm³/mol. The largest absolute Gasteiger partial charge is 0.354 e. The highest BCUT2D eigenvalue weighted by Crippen LogP contribution is 1.99. The number of hydrogen-bond donors (Lipinski definition) is 2. The first-order chi connectivity index (χ1) is 7.08. The van der Waals surface area contributed by atoms with Crippen LogP contribution in [0.15, 0.2) is 0 Å². The van der Waals surface area contributed by atoms with Crippen LogP contribution in [-0.4, -0.2) is 49.1 Å². The molecule has 4 heteroatoms. The first-order valence-corrected chi connectivity index (χ1v) is 5.83. The molecule has 0 aromatic rings. The zero-order valence-electron chi connectivity index (χ0n) is 10.0. The fourth-order valence-corrected chi connectivity index (χ4v) is 1.87. The summed E-state index contributed by atoms with van der Waals surface area (Å²) in [4.78, 5) is 13.8. The van der Waals surface area contributed by atoms with Crippen LogP contribution in [0.1, 0.15) is 27.2 Å². The molecule has 0 aromatic heterocycles. The summed E-state index contributed by atoms with van der Waals surface area (Å²) in [7, 11) is 0. The number of amides is 1. The van der Waals surface area contributed by atoms with Crippen LogP contribution < -0.4 is 10.6 Å². The van der Waals surface area contributed by atoms with Gasteiger partial charge in [0.1, 0.15) is 0 Å². The maximum absolute atomic E-state index is 11.4. The fourth-order valence-electron chi connectivity index (χ4n) is 1.87. The molecule has 0 spiro atoms. The van der Waals surface area contributed by atoms with Gasteiger partial charge in [0.15, 0.2) is 0 Å². The minimum atomic E-state index is 0.163. The first kappa shape index (κ1) is 12.5. The standard InChI is InChI=1S/C11H23N3O/c1-9(2)13-11(15)4-6-14-7-5-12-10(3)8-14/h9-10,12H,4-8H2,1-3H3,(H,13,15)/t10-/m1/s1. The molecule has 1 saturated heterocycles. The minimum absolute atomic E-state index is 0.163. The third-order valence-corrected chi connectivity index (χ3v) is 2.56. The Balaban J connectivity index is 2.16. The van der Waals surface area contributed by atoms with E-state index in [-0.39, 0.29) is 11.9 Å². The van der Waals surface area contributed by atoms with Crippen molar-refractivity contribution in [2.75, 3.05) is 26.2 Å². The average molecular weight is 213 g/mol. The quantitative estimate of drug-likeness (QED) is 0.701. The van der Waals surface area contributed by atoms with Gasteiger partial charge in [-0.1, -0.05) is 0 Å². The third kappa shape index (κ3) is 5.14. The molecule has 1 rings (SSSR count). The van der Waals surface area contributed by atoms with Gasteiger partial charge in [-0.25, -0.2) is 0 Å². The van der Waals surface area contributed by atoms with Crippen LogP contribution in [0, 0.1) is 0 Å². The highest BCUT2D eigenvalue weighted by Gasteiger charge is 2.15. The molecule has 1 heterocycles. The molecule has 0 bridgehead atoms. The van der Waals surface area contributed by atoms with Gasteiger partial charge in [-0.3, -0.25) is 4.79 Å². The molecule has 1 fully saturated rings. The van der Waals surface area contributed by atoms with Crippen molar-refractivity contribution in [1.82, 2.24) is 15.5 Å². The Bertz CT molecular complexity index is 206. The molecule has 88 valence electrons. The summed E-state index contributed by atoms with van der Waals surface area (Å²) in [6, 6.07) is 0.798. The number of rotatable bonds is 4. The van der Waals surface area contributed by atoms with Crippen molar-refractivity contribution >= 4 is 5.91 Å². The van der Waals surface area contributed by atoms with Crippen LogP contribution in [0.3, 0.4) is 0 Å². The molecule has 1 atom stereocenters. The summed E-state index contributed by atoms with van der Waals surface area (Å²) >= 11 is 0. The van der Waals surface area contributed by atoms with Crippen LogP contribution in [-0.2, 0) is 4.79 Å². The number of nitrogens with zero attached hydrogens (tertiary/aromatic N) is 1. The highest BCUT2D eigenvalue weighted by atomic mass is 16.1. The second kappa shape index (κ2) is 6.08. The summed E-state index contributed by atoms with van der Waals surface area (Å²) in [5.41, 5.74) is 0. The SMILES string of the molecule is CC(C)NC(=O)CCN1CCN[C@H](C)C1. The van der Waals surface area contributed by atoms with E-state index in [1.54, 1.807) is 0 Å². The monoisotopic (exact) mass is 213 g/mol. The number of hydrogen-bond acceptors (Lipinski definition) is 3. The van der Waals surface area contributed by atoms with Crippen molar-refractivity contribution < 1.29 is 4.79 Å². The molecule has 0 aromatic carbocycles. The van der Waals surface area contributed by atoms with E-state index in [0.717, 1.165) is 26.2 Å². The molecule has 2 N–H and O–H groups in total. The van der Waals surface area contributed by atoms with Gasteiger partial charge >= 0.3 is 0 Å². The van der Waals surface area contributed by atoms with Crippen LogP contribution in [0.25, 0.3) is 0 Å². The summed E-state index contributed by atoms with van der Waals surface area (Å²) in [5.74, 6) is 0.163. The minimum Gasteiger partial charge on any atom is -0.354 e. The maximum atomic E-state index is 11.4. The van der Waals surface area contributed by atoms with Gasteiger partial charge < -0.3 is 15.5 Å². The Hall–Kier alpha value is -0.610. The lowest BCUT2D eigenvalue weighted by Crippen LogP contribution is -2.50. The van der Waals surface area contributed by atoms with Gasteiger partial charge in [0.2, 0.25) is 5.91 Å². The molecule has 1 aliphatic heterocycles. The van der Waals surface area contributed by atoms with Crippen molar-refractivity contribution in [3.63, 3.8) is 0 Å². The molecule has 0 unspecified atom stereocenters. The van der Waals surface area contributed by atoms with Crippen molar-refractivity contribution in [3.8, 4) is 0 Å². The second-order valence-corrected chi connectivity index (χ2v) is 4.63. The van der Waals surface area contributed by atoms with E-state index in [1.807, 2.05) is 13.8 Å². The van der Waals surface area contributed by atoms with E-state index in [2.05, 4.69) is 22.5 Å². The van der Waals surface area contributed by atoms with E-state index in [9.17, 15) is 4.79 Å². The molecule has 0 saturated carbocycles. The van der Waals surface area contributed by atoms with E-state index < -0.39 is 0 Å². The molecule has 1 amide bonds. The summed E-state index contributed by atoms with van der Waals surface area (Å²) in [5, 5.41) is 6.30. The second-order valence-electron chi connectivity index (χ2n) is 4.63. The van der Waals surface area contributed by atoms with Gasteiger partial charge in [-0.15, -0.1) is 0 Å². The molecule has 1 aliphatic rings. The third-order valence-electron chi connectivity index (χ3n) is 2.56. The lowest BCUT2D eigenvalue weighted by atomic mass is 10.2. The zero-order valence-corrected chi connectivity index (χ0v) is 10.0.